The average Bonchev–Trinajstić information content (AvgIpc) is 2.85. The number of esters is 1. The summed E-state index contributed by atoms with van der Waals surface area (Å²) in [5, 5.41) is 0. The van der Waals surface area contributed by atoms with Gasteiger partial charge in [-0.25, -0.2) is 13.2 Å². The van der Waals surface area contributed by atoms with E-state index in [2.05, 4.69) is 16.7 Å². The van der Waals surface area contributed by atoms with Crippen LogP contribution in [0.2, 0.25) is 0 Å². The molecule has 32 heavy (non-hydrogen) atoms. The van der Waals surface area contributed by atoms with Crippen LogP contribution in [0, 0.1) is 0 Å². The lowest BCUT2D eigenvalue weighted by atomic mass is 10.1. The molecular weight excluding hydrogens is 430 g/mol. The van der Waals surface area contributed by atoms with Crippen molar-refractivity contribution < 1.29 is 22.7 Å². The Morgan fingerprint density at radius 1 is 1.06 bits per heavy atom. The lowest BCUT2D eigenvalue weighted by Gasteiger charge is -2.33. The highest BCUT2D eigenvalue weighted by Gasteiger charge is 2.30. The van der Waals surface area contributed by atoms with Gasteiger partial charge in [-0.15, -0.1) is 0 Å². The molecule has 3 heterocycles. The van der Waals surface area contributed by atoms with Crippen molar-refractivity contribution in [2.24, 2.45) is 0 Å². The summed E-state index contributed by atoms with van der Waals surface area (Å²) in [6.45, 7) is 7.94. The predicted octanol–water partition coefficient (Wildman–Crippen LogP) is 2.34. The first-order valence-corrected chi connectivity index (χ1v) is 13.3. The second-order valence-electron chi connectivity index (χ2n) is 8.81. The summed E-state index contributed by atoms with van der Waals surface area (Å²) in [6.07, 6.45) is 4.98. The minimum atomic E-state index is -3.69. The molecule has 3 fully saturated rings. The molecule has 0 bridgehead atoms. The summed E-state index contributed by atoms with van der Waals surface area (Å²) < 4.78 is 39.1. The first kappa shape index (κ1) is 23.5. The molecule has 1 unspecified atom stereocenters. The number of morpholine rings is 1. The Hall–Kier alpha value is -1.68. The maximum absolute atomic E-state index is 13.3. The lowest BCUT2D eigenvalue weighted by molar-refractivity contribution is 0.00777. The molecule has 0 amide bonds. The zero-order valence-corrected chi connectivity index (χ0v) is 19.8. The van der Waals surface area contributed by atoms with E-state index in [1.165, 1.54) is 16.8 Å². The molecule has 3 aliphatic rings. The molecule has 3 aliphatic heterocycles. The number of likely N-dealkylation sites (tertiary alicyclic amines) is 1. The van der Waals surface area contributed by atoms with E-state index in [9.17, 15) is 13.2 Å². The van der Waals surface area contributed by atoms with Gasteiger partial charge in [-0.05, 0) is 63.4 Å². The van der Waals surface area contributed by atoms with Gasteiger partial charge in [0.15, 0.2) is 0 Å². The van der Waals surface area contributed by atoms with Crippen molar-refractivity contribution in [3.63, 3.8) is 0 Å². The zero-order chi connectivity index (χ0) is 22.6. The maximum atomic E-state index is 13.3. The van der Waals surface area contributed by atoms with Gasteiger partial charge in [0.25, 0.3) is 0 Å². The lowest BCUT2D eigenvalue weighted by Crippen LogP contribution is -2.41. The molecule has 4 rings (SSSR count). The van der Waals surface area contributed by atoms with Crippen molar-refractivity contribution in [1.82, 2.24) is 9.21 Å². The highest BCUT2D eigenvalue weighted by molar-refractivity contribution is 7.89. The number of carbonyl (C=O) groups excluding carboxylic acids is 1. The largest absolute Gasteiger partial charge is 0.457 e. The number of hydrogen-bond donors (Lipinski definition) is 0. The van der Waals surface area contributed by atoms with Crippen LogP contribution < -0.4 is 4.90 Å². The molecule has 8 nitrogen and oxygen atoms in total. The van der Waals surface area contributed by atoms with Gasteiger partial charge >= 0.3 is 5.97 Å². The molecular formula is C23H35N3O5S. The molecule has 0 radical (unpaired) electrons. The summed E-state index contributed by atoms with van der Waals surface area (Å²) in [4.78, 5) is 17.9. The highest BCUT2D eigenvalue weighted by Crippen LogP contribution is 2.30. The van der Waals surface area contributed by atoms with Gasteiger partial charge in [0, 0.05) is 32.7 Å². The first-order chi connectivity index (χ1) is 15.5. The molecule has 0 aromatic heterocycles. The monoisotopic (exact) mass is 465 g/mol. The number of sulfonamides is 1. The van der Waals surface area contributed by atoms with E-state index in [1.54, 1.807) is 12.1 Å². The molecule has 0 spiro atoms. The third kappa shape index (κ3) is 5.27. The van der Waals surface area contributed by atoms with Crippen molar-refractivity contribution in [2.75, 3.05) is 63.9 Å². The molecule has 0 aliphatic carbocycles. The number of rotatable bonds is 6. The number of nitrogens with zero attached hydrogens (tertiary/aromatic N) is 3. The van der Waals surface area contributed by atoms with E-state index in [0.717, 1.165) is 64.1 Å². The Morgan fingerprint density at radius 3 is 2.53 bits per heavy atom. The molecule has 0 saturated carbocycles. The summed E-state index contributed by atoms with van der Waals surface area (Å²) in [6, 6.07) is 4.94. The van der Waals surface area contributed by atoms with Gasteiger partial charge in [-0.3, -0.25) is 4.90 Å². The molecule has 1 aromatic rings. The van der Waals surface area contributed by atoms with Crippen LogP contribution in [0.4, 0.5) is 5.69 Å². The number of anilines is 1. The van der Waals surface area contributed by atoms with Crippen LogP contribution in [0.1, 0.15) is 49.4 Å². The van der Waals surface area contributed by atoms with E-state index in [-0.39, 0.29) is 11.0 Å². The van der Waals surface area contributed by atoms with Crippen molar-refractivity contribution in [1.29, 1.82) is 0 Å². The number of carbonyl (C=O) groups is 1. The Labute approximate surface area is 191 Å². The molecule has 1 atom stereocenters. The van der Waals surface area contributed by atoms with Gasteiger partial charge in [-0.1, -0.05) is 6.92 Å². The van der Waals surface area contributed by atoms with E-state index in [0.29, 0.717) is 31.9 Å². The average molecular weight is 466 g/mol. The number of piperidine rings is 2. The molecule has 3 saturated heterocycles. The molecule has 1 aromatic carbocycles. The minimum absolute atomic E-state index is 0.144. The maximum Gasteiger partial charge on any atom is 0.340 e. The number of hydrogen-bond acceptors (Lipinski definition) is 7. The predicted molar refractivity (Wildman–Crippen MR) is 123 cm³/mol. The summed E-state index contributed by atoms with van der Waals surface area (Å²) in [7, 11) is -3.69. The number of ether oxygens (including phenoxy) is 2. The van der Waals surface area contributed by atoms with Crippen LogP contribution >= 0.6 is 0 Å². The van der Waals surface area contributed by atoms with Crippen LogP contribution in [0.3, 0.4) is 0 Å². The zero-order valence-electron chi connectivity index (χ0n) is 19.0. The highest BCUT2D eigenvalue weighted by atomic mass is 32.2. The second-order valence-corrected chi connectivity index (χ2v) is 10.7. The van der Waals surface area contributed by atoms with E-state index >= 15 is 0 Å². The van der Waals surface area contributed by atoms with Crippen LogP contribution in [-0.4, -0.2) is 88.7 Å². The standard InChI is InChI=1S/C23H35N3O5S/c1-2-24-10-6-7-19(18-24)31-23(27)21-17-20(32(28,29)26-13-15-30-16-14-26)8-9-22(21)25-11-4-3-5-12-25/h8-9,17,19H,2-7,10-16,18H2,1H3. The summed E-state index contributed by atoms with van der Waals surface area (Å²) >= 11 is 0. The molecule has 9 heteroatoms. The number of benzene rings is 1. The van der Waals surface area contributed by atoms with Gasteiger partial charge in [-0.2, -0.15) is 4.31 Å². The fourth-order valence-electron chi connectivity index (χ4n) is 4.80. The van der Waals surface area contributed by atoms with Gasteiger partial charge in [0.2, 0.25) is 10.0 Å². The smallest absolute Gasteiger partial charge is 0.340 e. The fourth-order valence-corrected chi connectivity index (χ4v) is 6.23. The topological polar surface area (TPSA) is 79.4 Å². The Balaban J connectivity index is 1.62. The van der Waals surface area contributed by atoms with E-state index in [1.807, 2.05) is 0 Å². The number of likely N-dealkylation sites (N-methyl/N-ethyl adjacent to an activating group) is 1. The van der Waals surface area contributed by atoms with E-state index in [4.69, 9.17) is 9.47 Å². The van der Waals surface area contributed by atoms with Crippen molar-refractivity contribution in [3.05, 3.63) is 23.8 Å². The molecule has 178 valence electrons. The van der Waals surface area contributed by atoms with Crippen molar-refractivity contribution >= 4 is 21.7 Å². The SMILES string of the molecule is CCN1CCCC(OC(=O)c2cc(S(=O)(=O)N3CCOCC3)ccc2N2CCCCC2)C1. The van der Waals surface area contributed by atoms with Crippen molar-refractivity contribution in [3.8, 4) is 0 Å². The van der Waals surface area contributed by atoms with Crippen molar-refractivity contribution in [2.45, 2.75) is 50.0 Å². The third-order valence-corrected chi connectivity index (χ3v) is 8.57. The van der Waals surface area contributed by atoms with Crippen LogP contribution in [-0.2, 0) is 19.5 Å². The Bertz CT molecular complexity index is 895. The van der Waals surface area contributed by atoms with Gasteiger partial charge in [0.1, 0.15) is 6.10 Å². The summed E-state index contributed by atoms with van der Waals surface area (Å²) in [5.41, 5.74) is 1.13. The Morgan fingerprint density at radius 2 is 1.81 bits per heavy atom. The first-order valence-electron chi connectivity index (χ1n) is 11.9. The van der Waals surface area contributed by atoms with Crippen LogP contribution in [0.25, 0.3) is 0 Å². The quantitative estimate of drug-likeness (QED) is 0.597. The normalized spacial score (nSPS) is 23.8. The van der Waals surface area contributed by atoms with E-state index < -0.39 is 16.0 Å². The van der Waals surface area contributed by atoms with Crippen LogP contribution in [0.15, 0.2) is 23.1 Å². The van der Waals surface area contributed by atoms with Gasteiger partial charge < -0.3 is 14.4 Å². The summed E-state index contributed by atoms with van der Waals surface area (Å²) in [5.74, 6) is -0.424. The third-order valence-electron chi connectivity index (χ3n) is 6.68. The fraction of sp³-hybridized carbons (Fsp3) is 0.696. The van der Waals surface area contributed by atoms with Crippen LogP contribution in [0.5, 0.6) is 0 Å². The Kier molecular flexibility index (Phi) is 7.70. The molecule has 0 N–H and O–H groups in total. The minimum Gasteiger partial charge on any atom is -0.457 e. The second kappa shape index (κ2) is 10.5. The van der Waals surface area contributed by atoms with Gasteiger partial charge in [0.05, 0.1) is 29.4 Å².